The van der Waals surface area contributed by atoms with Crippen LogP contribution in [-0.4, -0.2) is 0 Å². The summed E-state index contributed by atoms with van der Waals surface area (Å²) in [6, 6.07) is 26.9. The minimum Gasteiger partial charge on any atom is -0.454 e. The summed E-state index contributed by atoms with van der Waals surface area (Å²) in [5.41, 5.74) is 15.5. The lowest BCUT2D eigenvalue weighted by molar-refractivity contribution is -0.955. The van der Waals surface area contributed by atoms with Crippen molar-refractivity contribution in [2.45, 2.75) is 32.9 Å². The molecule has 1 unspecified atom stereocenters. The SMILES string of the molecule is CC1=Cc2c(ccc3c2oc2c4c(ccc23)C2(c3ccccc3-c3cccc[n+]32)[n+]2cc(C)c(C)cc2-4)C1. The van der Waals surface area contributed by atoms with Gasteiger partial charge in [-0.15, -0.1) is 9.13 Å². The highest BCUT2D eigenvalue weighted by molar-refractivity contribution is 6.12. The number of allylic oxidation sites excluding steroid dienone is 1. The van der Waals surface area contributed by atoms with Crippen molar-refractivity contribution < 1.29 is 13.6 Å². The van der Waals surface area contributed by atoms with Crippen LogP contribution in [0.1, 0.15) is 40.3 Å². The summed E-state index contributed by atoms with van der Waals surface area (Å²) in [6.45, 7) is 6.63. The summed E-state index contributed by atoms with van der Waals surface area (Å²) in [6.07, 6.45) is 7.89. The third kappa shape index (κ3) is 2.20. The van der Waals surface area contributed by atoms with E-state index >= 15 is 0 Å². The highest BCUT2D eigenvalue weighted by Gasteiger charge is 2.67. The Kier molecular flexibility index (Phi) is 3.61. The van der Waals surface area contributed by atoms with Crippen LogP contribution in [-0.2, 0) is 12.1 Å². The molecule has 1 atom stereocenters. The molecule has 5 heterocycles. The van der Waals surface area contributed by atoms with Crippen molar-refractivity contribution in [1.29, 1.82) is 0 Å². The number of pyridine rings is 2. The Hall–Kier alpha value is -4.50. The van der Waals surface area contributed by atoms with E-state index in [1.165, 1.54) is 72.2 Å². The maximum absolute atomic E-state index is 6.92. The molecule has 3 nitrogen and oxygen atoms in total. The molecule has 3 aromatic carbocycles. The number of aryl methyl sites for hydroxylation is 2. The molecular weight excluding hydrogens is 464 g/mol. The van der Waals surface area contributed by atoms with Crippen LogP contribution >= 0.6 is 0 Å². The number of fused-ring (bicyclic) bond motifs is 16. The average molecular weight is 491 g/mol. The minimum atomic E-state index is -0.512. The molecule has 0 fully saturated rings. The second-order valence-corrected chi connectivity index (χ2v) is 11.2. The maximum Gasteiger partial charge on any atom is 0.417 e. The fraction of sp³-hybridized carbons (Fsp3) is 0.143. The highest BCUT2D eigenvalue weighted by Crippen LogP contribution is 2.51. The Morgan fingerprint density at radius 2 is 1.55 bits per heavy atom. The van der Waals surface area contributed by atoms with Gasteiger partial charge >= 0.3 is 5.66 Å². The van der Waals surface area contributed by atoms with E-state index in [2.05, 4.69) is 121 Å². The van der Waals surface area contributed by atoms with Crippen LogP contribution < -0.4 is 9.13 Å². The summed E-state index contributed by atoms with van der Waals surface area (Å²) >= 11 is 0. The third-order valence-corrected chi connectivity index (χ3v) is 9.12. The Morgan fingerprint density at radius 1 is 0.737 bits per heavy atom. The number of aromatic nitrogens is 2. The number of hydrogen-bond donors (Lipinski definition) is 0. The van der Waals surface area contributed by atoms with Gasteiger partial charge in [-0.1, -0.05) is 35.9 Å². The summed E-state index contributed by atoms with van der Waals surface area (Å²) in [4.78, 5) is 0. The van der Waals surface area contributed by atoms with Crippen molar-refractivity contribution in [3.8, 4) is 22.5 Å². The quantitative estimate of drug-likeness (QED) is 0.210. The largest absolute Gasteiger partial charge is 0.454 e. The molecule has 0 amide bonds. The first-order chi connectivity index (χ1) is 18.6. The van der Waals surface area contributed by atoms with Crippen molar-refractivity contribution in [3.63, 3.8) is 0 Å². The van der Waals surface area contributed by atoms with Gasteiger partial charge in [0.05, 0.1) is 5.56 Å². The zero-order chi connectivity index (χ0) is 25.3. The molecule has 3 aliphatic rings. The van der Waals surface area contributed by atoms with E-state index in [9.17, 15) is 0 Å². The molecule has 180 valence electrons. The van der Waals surface area contributed by atoms with E-state index in [0.717, 1.165) is 17.6 Å². The van der Waals surface area contributed by atoms with Gasteiger partial charge in [-0.2, -0.15) is 0 Å². The van der Waals surface area contributed by atoms with Gasteiger partial charge in [-0.05, 0) is 68.7 Å². The first kappa shape index (κ1) is 20.5. The Bertz CT molecular complexity index is 2050. The number of hydrogen-bond acceptors (Lipinski definition) is 1. The van der Waals surface area contributed by atoms with Crippen molar-refractivity contribution in [1.82, 2.24) is 0 Å². The van der Waals surface area contributed by atoms with Gasteiger partial charge in [-0.25, -0.2) is 0 Å². The summed E-state index contributed by atoms with van der Waals surface area (Å²) < 4.78 is 11.9. The number of furan rings is 1. The molecule has 1 aliphatic carbocycles. The smallest absolute Gasteiger partial charge is 0.417 e. The zero-order valence-corrected chi connectivity index (χ0v) is 21.7. The summed E-state index contributed by atoms with van der Waals surface area (Å²) in [5, 5.41) is 2.38. The molecule has 0 saturated heterocycles. The van der Waals surface area contributed by atoms with Gasteiger partial charge < -0.3 is 4.42 Å². The molecule has 3 heteroatoms. The Balaban J connectivity index is 1.50. The lowest BCUT2D eigenvalue weighted by Crippen LogP contribution is -2.71. The number of benzene rings is 3. The van der Waals surface area contributed by atoms with Gasteiger partial charge in [-0.3, -0.25) is 0 Å². The van der Waals surface area contributed by atoms with Crippen molar-refractivity contribution in [2.24, 2.45) is 0 Å². The molecule has 0 bridgehead atoms. The van der Waals surface area contributed by atoms with Gasteiger partial charge in [0.2, 0.25) is 11.4 Å². The fourth-order valence-electron chi connectivity index (χ4n) is 7.37. The standard InChI is InChI=1S/C35H26N2O/c1-20-16-23-11-12-24-25-13-14-29-32(34(25)38-33(24)27(23)17-20)31-18-21(2)22(3)19-37(31)35(29)28-9-5-4-8-26(28)30-10-6-7-15-36(30)35/h4-15,17-19H,16H2,1-3H3/q+2. The predicted molar refractivity (Wildman–Crippen MR) is 150 cm³/mol. The monoisotopic (exact) mass is 490 g/mol. The lowest BCUT2D eigenvalue weighted by atomic mass is 9.89. The van der Waals surface area contributed by atoms with Crippen LogP contribution in [0.15, 0.2) is 95.2 Å². The normalized spacial score (nSPS) is 18.0. The molecule has 0 N–H and O–H groups in total. The van der Waals surface area contributed by atoms with Crippen molar-refractivity contribution in [3.05, 3.63) is 124 Å². The van der Waals surface area contributed by atoms with Gasteiger partial charge in [0, 0.05) is 40.1 Å². The van der Waals surface area contributed by atoms with E-state index in [-0.39, 0.29) is 0 Å². The molecule has 9 rings (SSSR count). The molecule has 2 aliphatic heterocycles. The first-order valence-corrected chi connectivity index (χ1v) is 13.4. The van der Waals surface area contributed by atoms with Crippen LogP contribution in [0.25, 0.3) is 50.5 Å². The molecule has 0 radical (unpaired) electrons. The average Bonchev–Trinajstić information content (AvgIpc) is 3.65. The Labute approximate surface area is 220 Å². The number of nitrogens with zero attached hydrogens (tertiary/aromatic N) is 2. The van der Waals surface area contributed by atoms with E-state index < -0.39 is 5.66 Å². The van der Waals surface area contributed by atoms with Crippen molar-refractivity contribution in [2.75, 3.05) is 0 Å². The lowest BCUT2D eigenvalue weighted by Gasteiger charge is -2.17. The van der Waals surface area contributed by atoms with Gasteiger partial charge in [0.1, 0.15) is 27.9 Å². The van der Waals surface area contributed by atoms with Crippen LogP contribution in [0, 0.1) is 13.8 Å². The van der Waals surface area contributed by atoms with E-state index in [1.807, 2.05) is 0 Å². The topological polar surface area (TPSA) is 20.9 Å². The summed E-state index contributed by atoms with van der Waals surface area (Å²) in [5.74, 6) is 0. The predicted octanol–water partition coefficient (Wildman–Crippen LogP) is 7.00. The van der Waals surface area contributed by atoms with E-state index in [1.54, 1.807) is 0 Å². The van der Waals surface area contributed by atoms with Crippen LogP contribution in [0.4, 0.5) is 0 Å². The molecule has 38 heavy (non-hydrogen) atoms. The second kappa shape index (κ2) is 6.68. The Morgan fingerprint density at radius 3 is 2.47 bits per heavy atom. The van der Waals surface area contributed by atoms with E-state index in [0.29, 0.717) is 0 Å². The molecule has 6 aromatic rings. The second-order valence-electron chi connectivity index (χ2n) is 11.2. The third-order valence-electron chi connectivity index (χ3n) is 9.12. The first-order valence-electron chi connectivity index (χ1n) is 13.4. The molecular formula is C35H26N2O+2. The molecule has 0 saturated carbocycles. The maximum atomic E-state index is 6.92. The number of rotatable bonds is 0. The fourth-order valence-corrected chi connectivity index (χ4v) is 7.37. The summed E-state index contributed by atoms with van der Waals surface area (Å²) in [7, 11) is 0. The van der Waals surface area contributed by atoms with Gasteiger partial charge in [0.25, 0.3) is 0 Å². The minimum absolute atomic E-state index is 0.512. The molecule has 1 spiro atoms. The van der Waals surface area contributed by atoms with Crippen molar-refractivity contribution >= 4 is 28.0 Å². The van der Waals surface area contributed by atoms with E-state index in [4.69, 9.17) is 4.42 Å². The van der Waals surface area contributed by atoms with Crippen LogP contribution in [0.5, 0.6) is 0 Å². The molecule has 3 aromatic heterocycles. The van der Waals surface area contributed by atoms with Gasteiger partial charge in [0.15, 0.2) is 12.4 Å². The van der Waals surface area contributed by atoms with Crippen LogP contribution in [0.2, 0.25) is 0 Å². The zero-order valence-electron chi connectivity index (χ0n) is 21.7. The highest BCUT2D eigenvalue weighted by atomic mass is 16.3. The van der Waals surface area contributed by atoms with Crippen LogP contribution in [0.3, 0.4) is 0 Å².